The maximum Gasteiger partial charge on any atom is 0.408 e. The average Bonchev–Trinajstić information content (AvgIpc) is 3.21. The number of rotatable bonds is 7. The monoisotopic (exact) mass is 382 g/mol. The Bertz CT molecular complexity index is 782. The quantitative estimate of drug-likeness (QED) is 0.798. The number of ether oxygens (including phenoxy) is 1. The van der Waals surface area contributed by atoms with Gasteiger partial charge in [-0.25, -0.2) is 4.79 Å². The highest BCUT2D eigenvalue weighted by Crippen LogP contribution is 2.26. The molecule has 28 heavy (non-hydrogen) atoms. The van der Waals surface area contributed by atoms with Crippen molar-refractivity contribution in [3.63, 3.8) is 0 Å². The molecule has 148 valence electrons. The zero-order valence-electron chi connectivity index (χ0n) is 16.0. The molecule has 2 amide bonds. The average molecular weight is 382 g/mol. The molecule has 6 heteroatoms. The van der Waals surface area contributed by atoms with Crippen molar-refractivity contribution in [1.82, 2.24) is 9.80 Å². The van der Waals surface area contributed by atoms with Gasteiger partial charge in [0.2, 0.25) is 5.91 Å². The Morgan fingerprint density at radius 2 is 1.79 bits per heavy atom. The summed E-state index contributed by atoms with van der Waals surface area (Å²) in [5.41, 5.74) is 1.72. The Kier molecular flexibility index (Phi) is 6.66. The second kappa shape index (κ2) is 9.37. The van der Waals surface area contributed by atoms with E-state index in [4.69, 9.17) is 4.74 Å². The van der Waals surface area contributed by atoms with E-state index >= 15 is 0 Å². The number of nitrogens with zero attached hydrogens (tertiary/aromatic N) is 2. The van der Waals surface area contributed by atoms with Crippen molar-refractivity contribution in [3.8, 4) is 0 Å². The Hall–Kier alpha value is -2.86. The number of carboxylic acid groups (broad SMARTS) is 1. The number of hydrogen-bond acceptors (Lipinski definition) is 3. The summed E-state index contributed by atoms with van der Waals surface area (Å²) in [6, 6.07) is 18.0. The van der Waals surface area contributed by atoms with Gasteiger partial charge in [-0.15, -0.1) is 0 Å². The third-order valence-electron chi connectivity index (χ3n) is 5.18. The minimum Gasteiger partial charge on any atom is -0.465 e. The van der Waals surface area contributed by atoms with E-state index in [0.29, 0.717) is 25.1 Å². The summed E-state index contributed by atoms with van der Waals surface area (Å²) >= 11 is 0. The van der Waals surface area contributed by atoms with E-state index in [-0.39, 0.29) is 18.6 Å². The first kappa shape index (κ1) is 19.9. The summed E-state index contributed by atoms with van der Waals surface area (Å²) in [7, 11) is 1.64. The molecule has 0 radical (unpaired) electrons. The third-order valence-corrected chi connectivity index (χ3v) is 5.18. The smallest absolute Gasteiger partial charge is 0.408 e. The number of hydrogen-bond donors (Lipinski definition) is 1. The van der Waals surface area contributed by atoms with Gasteiger partial charge in [-0.1, -0.05) is 60.7 Å². The second-order valence-electron chi connectivity index (χ2n) is 6.96. The minimum atomic E-state index is -1.10. The fourth-order valence-corrected chi connectivity index (χ4v) is 3.61. The van der Waals surface area contributed by atoms with Crippen molar-refractivity contribution in [2.75, 3.05) is 26.7 Å². The van der Waals surface area contributed by atoms with Crippen LogP contribution in [0.5, 0.6) is 0 Å². The fraction of sp³-hybridized carbons (Fsp3) is 0.364. The maximum atomic E-state index is 13.3. The van der Waals surface area contributed by atoms with Crippen LogP contribution >= 0.6 is 0 Å². The van der Waals surface area contributed by atoms with Crippen LogP contribution in [-0.4, -0.2) is 59.8 Å². The lowest BCUT2D eigenvalue weighted by Crippen LogP contribution is -2.45. The van der Waals surface area contributed by atoms with Gasteiger partial charge in [0.05, 0.1) is 6.10 Å². The van der Waals surface area contributed by atoms with Gasteiger partial charge < -0.3 is 14.7 Å². The molecule has 0 bridgehead atoms. The topological polar surface area (TPSA) is 70.1 Å². The lowest BCUT2D eigenvalue weighted by Gasteiger charge is -2.32. The lowest BCUT2D eigenvalue weighted by molar-refractivity contribution is -0.136. The highest BCUT2D eigenvalue weighted by atomic mass is 16.5. The fourth-order valence-electron chi connectivity index (χ4n) is 3.61. The molecule has 2 aromatic carbocycles. The molecule has 1 heterocycles. The Labute approximate surface area is 165 Å². The van der Waals surface area contributed by atoms with Gasteiger partial charge >= 0.3 is 6.09 Å². The van der Waals surface area contributed by atoms with Crippen molar-refractivity contribution in [3.05, 3.63) is 71.8 Å². The number of amides is 2. The van der Waals surface area contributed by atoms with Gasteiger partial charge in [0.15, 0.2) is 0 Å². The highest BCUT2D eigenvalue weighted by Gasteiger charge is 2.37. The van der Waals surface area contributed by atoms with Crippen molar-refractivity contribution in [1.29, 1.82) is 0 Å². The van der Waals surface area contributed by atoms with E-state index in [9.17, 15) is 14.7 Å². The molecule has 0 aromatic heterocycles. The van der Waals surface area contributed by atoms with Crippen LogP contribution in [-0.2, 0) is 16.0 Å². The number of methoxy groups -OCH3 is 1. The van der Waals surface area contributed by atoms with E-state index < -0.39 is 12.1 Å². The van der Waals surface area contributed by atoms with Crippen molar-refractivity contribution >= 4 is 12.0 Å². The van der Waals surface area contributed by atoms with Gasteiger partial charge in [-0.3, -0.25) is 9.69 Å². The van der Waals surface area contributed by atoms with Gasteiger partial charge in [-0.2, -0.15) is 0 Å². The molecular formula is C22H26N2O4. The summed E-state index contributed by atoms with van der Waals surface area (Å²) in [5.74, 6) is -0.193. The van der Waals surface area contributed by atoms with Crippen molar-refractivity contribution < 1.29 is 19.4 Å². The molecule has 0 saturated carbocycles. The van der Waals surface area contributed by atoms with Crippen LogP contribution < -0.4 is 0 Å². The zero-order chi connectivity index (χ0) is 19.9. The predicted molar refractivity (Wildman–Crippen MR) is 106 cm³/mol. The molecule has 6 nitrogen and oxygen atoms in total. The van der Waals surface area contributed by atoms with Crippen LogP contribution in [0.4, 0.5) is 4.79 Å². The maximum absolute atomic E-state index is 13.3. The normalized spacial score (nSPS) is 17.3. The molecule has 1 N–H and O–H groups in total. The van der Waals surface area contributed by atoms with Crippen LogP contribution in [0.25, 0.3) is 0 Å². The number of carbonyl (C=O) groups excluding carboxylic acids is 1. The molecule has 0 spiro atoms. The molecule has 1 aliphatic rings. The molecule has 1 fully saturated rings. The minimum absolute atomic E-state index is 0.00275. The first-order chi connectivity index (χ1) is 13.6. The number of carbonyl (C=O) groups is 2. The third kappa shape index (κ3) is 4.70. The first-order valence-corrected chi connectivity index (χ1v) is 9.50. The lowest BCUT2D eigenvalue weighted by atomic mass is 10.0. The molecule has 3 rings (SSSR count). The summed E-state index contributed by atoms with van der Waals surface area (Å²) < 4.78 is 5.37. The van der Waals surface area contributed by atoms with Crippen LogP contribution in [0, 0.1) is 0 Å². The molecular weight excluding hydrogens is 356 g/mol. The van der Waals surface area contributed by atoms with Crippen molar-refractivity contribution in [2.45, 2.75) is 25.0 Å². The highest BCUT2D eigenvalue weighted by molar-refractivity contribution is 5.87. The largest absolute Gasteiger partial charge is 0.465 e. The Morgan fingerprint density at radius 3 is 2.36 bits per heavy atom. The summed E-state index contributed by atoms with van der Waals surface area (Å²) in [6.07, 6.45) is 0.217. The molecule has 0 aliphatic carbocycles. The molecule has 1 aliphatic heterocycles. The number of benzene rings is 2. The molecule has 2 aromatic rings. The predicted octanol–water partition coefficient (Wildman–Crippen LogP) is 3.20. The molecule has 2 atom stereocenters. The summed E-state index contributed by atoms with van der Waals surface area (Å²) in [5, 5.41) is 9.90. The van der Waals surface area contributed by atoms with Crippen LogP contribution in [0.15, 0.2) is 60.7 Å². The van der Waals surface area contributed by atoms with Gasteiger partial charge in [0.1, 0.15) is 6.04 Å². The zero-order valence-corrected chi connectivity index (χ0v) is 16.0. The van der Waals surface area contributed by atoms with E-state index in [1.807, 2.05) is 60.7 Å². The summed E-state index contributed by atoms with van der Waals surface area (Å²) in [6.45, 7) is 1.31. The van der Waals surface area contributed by atoms with Gasteiger partial charge in [0, 0.05) is 26.7 Å². The van der Waals surface area contributed by atoms with Crippen LogP contribution in [0.2, 0.25) is 0 Å². The molecule has 0 unspecified atom stereocenters. The van der Waals surface area contributed by atoms with Crippen LogP contribution in [0.3, 0.4) is 0 Å². The standard InChI is InChI=1S/C22H26N2O4/c1-28-19-13-14-23(16-19)21(25)20(18-10-6-3-7-11-18)24(22(26)27)15-12-17-8-4-2-5-9-17/h2-11,19-20H,12-16H2,1H3,(H,26,27)/t19-,20-/m0/s1. The SMILES string of the molecule is CO[C@H]1CCN(C(=O)[C@H](c2ccccc2)N(CCc2ccccc2)C(=O)O)C1. The van der Waals surface area contributed by atoms with E-state index in [0.717, 1.165) is 12.0 Å². The van der Waals surface area contributed by atoms with E-state index in [1.54, 1.807) is 12.0 Å². The van der Waals surface area contributed by atoms with Gasteiger partial charge in [0.25, 0.3) is 0 Å². The second-order valence-corrected chi connectivity index (χ2v) is 6.96. The number of likely N-dealkylation sites (tertiary alicyclic amines) is 1. The van der Waals surface area contributed by atoms with E-state index in [2.05, 4.69) is 0 Å². The Morgan fingerprint density at radius 1 is 1.14 bits per heavy atom. The van der Waals surface area contributed by atoms with Crippen molar-refractivity contribution in [2.24, 2.45) is 0 Å². The first-order valence-electron chi connectivity index (χ1n) is 9.50. The Balaban J connectivity index is 1.85. The molecule has 1 saturated heterocycles. The van der Waals surface area contributed by atoms with E-state index in [1.165, 1.54) is 4.90 Å². The summed E-state index contributed by atoms with van der Waals surface area (Å²) in [4.78, 5) is 28.4. The van der Waals surface area contributed by atoms with Gasteiger partial charge in [-0.05, 0) is 24.0 Å². The van der Waals surface area contributed by atoms with Crippen LogP contribution in [0.1, 0.15) is 23.6 Å².